The van der Waals surface area contributed by atoms with E-state index in [1.165, 1.54) is 21.9 Å². The highest BCUT2D eigenvalue weighted by atomic mass is 14.6. The van der Waals surface area contributed by atoms with E-state index in [9.17, 15) is 0 Å². The molecule has 0 heterocycles. The summed E-state index contributed by atoms with van der Waals surface area (Å²) < 4.78 is 0. The summed E-state index contributed by atoms with van der Waals surface area (Å²) in [6.45, 7) is 0. The topological polar surface area (TPSA) is 26.0 Å². The minimum absolute atomic E-state index is 0.230. The molecule has 1 heteroatoms. The molecule has 1 atom stereocenters. The predicted octanol–water partition coefficient (Wildman–Crippen LogP) is 2.79. The molecular formula is C13H13N. The molecule has 0 bridgehead atoms. The van der Waals surface area contributed by atoms with E-state index in [-0.39, 0.29) is 6.04 Å². The fourth-order valence-electron chi connectivity index (χ4n) is 2.43. The lowest BCUT2D eigenvalue weighted by Crippen LogP contribution is -2.16. The quantitative estimate of drug-likeness (QED) is 0.667. The average Bonchev–Trinajstić information content (AvgIpc) is 2.24. The number of aryl methyl sites for hydroxylation is 1. The Morgan fingerprint density at radius 3 is 2.71 bits per heavy atom. The fraction of sp³-hybridized carbons (Fsp3) is 0.231. The van der Waals surface area contributed by atoms with E-state index < -0.39 is 0 Å². The zero-order valence-corrected chi connectivity index (χ0v) is 8.03. The molecule has 0 radical (unpaired) electrons. The van der Waals surface area contributed by atoms with Crippen molar-refractivity contribution in [2.75, 3.05) is 0 Å². The zero-order valence-electron chi connectivity index (χ0n) is 8.03. The van der Waals surface area contributed by atoms with Gasteiger partial charge in [0.25, 0.3) is 0 Å². The Labute approximate surface area is 83.5 Å². The van der Waals surface area contributed by atoms with Gasteiger partial charge in [-0.25, -0.2) is 0 Å². The summed E-state index contributed by atoms with van der Waals surface area (Å²) in [5.74, 6) is 0. The van der Waals surface area contributed by atoms with Gasteiger partial charge in [-0.3, -0.25) is 0 Å². The van der Waals surface area contributed by atoms with Gasteiger partial charge in [-0.15, -0.1) is 0 Å². The van der Waals surface area contributed by atoms with Gasteiger partial charge in [0, 0.05) is 6.04 Å². The molecule has 1 aliphatic carbocycles. The molecule has 0 saturated carbocycles. The number of nitrogens with two attached hydrogens (primary N) is 1. The molecule has 0 unspecified atom stereocenters. The maximum atomic E-state index is 6.10. The molecule has 3 rings (SSSR count). The van der Waals surface area contributed by atoms with E-state index in [0.717, 1.165) is 12.8 Å². The van der Waals surface area contributed by atoms with Crippen LogP contribution in [0.3, 0.4) is 0 Å². The summed E-state index contributed by atoms with van der Waals surface area (Å²) in [5, 5.41) is 2.73. The minimum atomic E-state index is 0.230. The average molecular weight is 183 g/mol. The van der Waals surface area contributed by atoms with Crippen LogP contribution in [0.4, 0.5) is 0 Å². The van der Waals surface area contributed by atoms with Crippen molar-refractivity contribution in [2.24, 2.45) is 5.73 Å². The van der Waals surface area contributed by atoms with Gasteiger partial charge in [-0.2, -0.15) is 0 Å². The van der Waals surface area contributed by atoms with Gasteiger partial charge in [-0.1, -0.05) is 36.4 Å². The molecule has 0 aliphatic heterocycles. The number of hydrogen-bond acceptors (Lipinski definition) is 1. The SMILES string of the molecule is N[C@@H]1CCc2cccc3cccc1c23. The lowest BCUT2D eigenvalue weighted by molar-refractivity contribution is 0.643. The second kappa shape index (κ2) is 2.82. The maximum Gasteiger partial charge on any atom is 0.0304 e. The first-order valence-electron chi connectivity index (χ1n) is 5.12. The smallest absolute Gasteiger partial charge is 0.0304 e. The van der Waals surface area contributed by atoms with Gasteiger partial charge >= 0.3 is 0 Å². The van der Waals surface area contributed by atoms with Crippen LogP contribution in [0.25, 0.3) is 10.8 Å². The maximum absolute atomic E-state index is 6.10. The van der Waals surface area contributed by atoms with Gasteiger partial charge in [-0.05, 0) is 34.7 Å². The summed E-state index contributed by atoms with van der Waals surface area (Å²) in [4.78, 5) is 0. The molecule has 2 aromatic carbocycles. The summed E-state index contributed by atoms with van der Waals surface area (Å²) in [6.07, 6.45) is 2.20. The molecular weight excluding hydrogens is 170 g/mol. The van der Waals surface area contributed by atoms with E-state index in [4.69, 9.17) is 5.73 Å². The van der Waals surface area contributed by atoms with Crippen molar-refractivity contribution >= 4 is 10.8 Å². The number of rotatable bonds is 0. The molecule has 0 saturated heterocycles. The number of benzene rings is 2. The van der Waals surface area contributed by atoms with Crippen LogP contribution in [0.15, 0.2) is 36.4 Å². The highest BCUT2D eigenvalue weighted by Crippen LogP contribution is 2.33. The minimum Gasteiger partial charge on any atom is -0.324 e. The van der Waals surface area contributed by atoms with Gasteiger partial charge in [0.1, 0.15) is 0 Å². The van der Waals surface area contributed by atoms with Crippen molar-refractivity contribution in [2.45, 2.75) is 18.9 Å². The van der Waals surface area contributed by atoms with Crippen LogP contribution in [0.2, 0.25) is 0 Å². The van der Waals surface area contributed by atoms with Crippen LogP contribution >= 0.6 is 0 Å². The van der Waals surface area contributed by atoms with Crippen molar-refractivity contribution in [1.29, 1.82) is 0 Å². The Morgan fingerprint density at radius 2 is 1.86 bits per heavy atom. The van der Waals surface area contributed by atoms with E-state index in [2.05, 4.69) is 36.4 Å². The predicted molar refractivity (Wildman–Crippen MR) is 59.2 cm³/mol. The molecule has 0 spiro atoms. The summed E-state index contributed by atoms with van der Waals surface area (Å²) in [7, 11) is 0. The van der Waals surface area contributed by atoms with E-state index in [1.54, 1.807) is 0 Å². The van der Waals surface area contributed by atoms with Crippen molar-refractivity contribution < 1.29 is 0 Å². The third-order valence-corrected chi connectivity index (χ3v) is 3.15. The Morgan fingerprint density at radius 1 is 1.07 bits per heavy atom. The Bertz CT molecular complexity index is 482. The summed E-state index contributed by atoms with van der Waals surface area (Å²) >= 11 is 0. The largest absolute Gasteiger partial charge is 0.324 e. The lowest BCUT2D eigenvalue weighted by atomic mass is 9.86. The molecule has 2 N–H and O–H groups in total. The van der Waals surface area contributed by atoms with Crippen LogP contribution in [0.1, 0.15) is 23.6 Å². The third-order valence-electron chi connectivity index (χ3n) is 3.15. The number of hydrogen-bond donors (Lipinski definition) is 1. The highest BCUT2D eigenvalue weighted by molar-refractivity contribution is 5.90. The molecule has 0 fully saturated rings. The molecule has 14 heavy (non-hydrogen) atoms. The van der Waals surface area contributed by atoms with Crippen LogP contribution < -0.4 is 5.73 Å². The highest BCUT2D eigenvalue weighted by Gasteiger charge is 2.17. The lowest BCUT2D eigenvalue weighted by Gasteiger charge is -2.22. The van der Waals surface area contributed by atoms with Crippen LogP contribution in [-0.4, -0.2) is 0 Å². The normalized spacial score (nSPS) is 19.9. The summed E-state index contributed by atoms with van der Waals surface area (Å²) in [6, 6.07) is 13.2. The van der Waals surface area contributed by atoms with Gasteiger partial charge in [0.15, 0.2) is 0 Å². The van der Waals surface area contributed by atoms with Gasteiger partial charge < -0.3 is 5.73 Å². The second-order valence-electron chi connectivity index (χ2n) is 4.01. The zero-order chi connectivity index (χ0) is 9.54. The van der Waals surface area contributed by atoms with Gasteiger partial charge in [0.05, 0.1) is 0 Å². The fourth-order valence-corrected chi connectivity index (χ4v) is 2.43. The van der Waals surface area contributed by atoms with Crippen LogP contribution in [0, 0.1) is 0 Å². The first-order valence-corrected chi connectivity index (χ1v) is 5.12. The molecule has 0 aromatic heterocycles. The Hall–Kier alpha value is -1.34. The van der Waals surface area contributed by atoms with Crippen molar-refractivity contribution in [3.05, 3.63) is 47.5 Å². The summed E-state index contributed by atoms with van der Waals surface area (Å²) in [5.41, 5.74) is 8.89. The van der Waals surface area contributed by atoms with Crippen molar-refractivity contribution in [1.82, 2.24) is 0 Å². The Kier molecular flexibility index (Phi) is 1.62. The van der Waals surface area contributed by atoms with Crippen LogP contribution in [0.5, 0.6) is 0 Å². The van der Waals surface area contributed by atoms with E-state index in [1.807, 2.05) is 0 Å². The van der Waals surface area contributed by atoms with Gasteiger partial charge in [0.2, 0.25) is 0 Å². The monoisotopic (exact) mass is 183 g/mol. The first-order chi connectivity index (χ1) is 6.86. The first kappa shape index (κ1) is 8.01. The molecule has 70 valence electrons. The molecule has 2 aromatic rings. The van der Waals surface area contributed by atoms with Crippen molar-refractivity contribution in [3.8, 4) is 0 Å². The van der Waals surface area contributed by atoms with E-state index in [0.29, 0.717) is 0 Å². The third kappa shape index (κ3) is 0.992. The second-order valence-corrected chi connectivity index (χ2v) is 4.01. The molecule has 1 nitrogen and oxygen atoms in total. The molecule has 1 aliphatic rings. The van der Waals surface area contributed by atoms with Crippen molar-refractivity contribution in [3.63, 3.8) is 0 Å². The molecule has 0 amide bonds. The Balaban J connectivity index is 2.46. The van der Waals surface area contributed by atoms with E-state index >= 15 is 0 Å². The van der Waals surface area contributed by atoms with Crippen LogP contribution in [-0.2, 0) is 6.42 Å². The standard InChI is InChI=1S/C13H13N/c14-12-8-7-10-4-1-3-9-5-2-6-11(12)13(9)10/h1-6,12H,7-8,14H2/t12-/m1/s1.